The van der Waals surface area contributed by atoms with Crippen molar-refractivity contribution in [3.05, 3.63) is 0 Å². The molecule has 2 fully saturated rings. The Bertz CT molecular complexity index is 357. The van der Waals surface area contributed by atoms with E-state index in [2.05, 4.69) is 19.2 Å². The Morgan fingerprint density at radius 1 is 1.21 bits per heavy atom. The minimum Gasteiger partial charge on any atom is -0.479 e. The molecule has 2 N–H and O–H groups in total. The standard InChI is InChI=1S/C14H23NO4/c1-3-9-4-5-10(8(9)2)15-13(16)11-6-7-12(19-11)14(17)18/h8-12H,3-7H2,1-2H3,(H,15,16)(H,17,18)/t8?,9?,10?,11-,12+/m0/s1. The number of carboxylic acid groups (broad SMARTS) is 1. The molecule has 2 aliphatic rings. The molecule has 0 aromatic carbocycles. The lowest BCUT2D eigenvalue weighted by molar-refractivity contribution is -0.152. The molecule has 1 saturated heterocycles. The van der Waals surface area contributed by atoms with Crippen LogP contribution in [-0.2, 0) is 14.3 Å². The maximum atomic E-state index is 12.1. The number of aliphatic carboxylic acids is 1. The third-order valence-corrected chi connectivity index (χ3v) is 4.67. The molecule has 5 nitrogen and oxygen atoms in total. The average Bonchev–Trinajstić information content (AvgIpc) is 2.97. The summed E-state index contributed by atoms with van der Waals surface area (Å²) in [6.45, 7) is 4.37. The van der Waals surface area contributed by atoms with Gasteiger partial charge in [0, 0.05) is 6.04 Å². The van der Waals surface area contributed by atoms with E-state index in [4.69, 9.17) is 9.84 Å². The fourth-order valence-electron chi connectivity index (χ4n) is 3.31. The molecule has 0 aromatic rings. The van der Waals surface area contributed by atoms with E-state index in [1.807, 2.05) is 0 Å². The summed E-state index contributed by atoms with van der Waals surface area (Å²) in [7, 11) is 0. The van der Waals surface area contributed by atoms with Gasteiger partial charge in [-0.1, -0.05) is 20.3 Å². The van der Waals surface area contributed by atoms with Crippen LogP contribution in [0, 0.1) is 11.8 Å². The molecular weight excluding hydrogens is 246 g/mol. The summed E-state index contributed by atoms with van der Waals surface area (Å²) >= 11 is 0. The van der Waals surface area contributed by atoms with Crippen LogP contribution in [0.25, 0.3) is 0 Å². The van der Waals surface area contributed by atoms with Crippen molar-refractivity contribution >= 4 is 11.9 Å². The van der Waals surface area contributed by atoms with Crippen LogP contribution in [-0.4, -0.2) is 35.2 Å². The van der Waals surface area contributed by atoms with Gasteiger partial charge in [-0.2, -0.15) is 0 Å². The first kappa shape index (κ1) is 14.3. The van der Waals surface area contributed by atoms with Gasteiger partial charge in [-0.15, -0.1) is 0 Å². The molecule has 3 unspecified atom stereocenters. The molecule has 0 aromatic heterocycles. The second kappa shape index (κ2) is 5.90. The number of amides is 1. The molecule has 19 heavy (non-hydrogen) atoms. The third-order valence-electron chi connectivity index (χ3n) is 4.67. The van der Waals surface area contributed by atoms with Crippen molar-refractivity contribution in [3.63, 3.8) is 0 Å². The van der Waals surface area contributed by atoms with Crippen molar-refractivity contribution < 1.29 is 19.4 Å². The largest absolute Gasteiger partial charge is 0.479 e. The number of ether oxygens (including phenoxy) is 1. The maximum absolute atomic E-state index is 12.1. The van der Waals surface area contributed by atoms with E-state index in [0.29, 0.717) is 24.7 Å². The molecule has 0 radical (unpaired) electrons. The van der Waals surface area contributed by atoms with E-state index in [-0.39, 0.29) is 11.9 Å². The highest BCUT2D eigenvalue weighted by Crippen LogP contribution is 2.34. The van der Waals surface area contributed by atoms with Crippen LogP contribution in [0.1, 0.15) is 46.0 Å². The van der Waals surface area contributed by atoms with Gasteiger partial charge in [-0.3, -0.25) is 4.79 Å². The lowest BCUT2D eigenvalue weighted by atomic mass is 9.93. The second-order valence-electron chi connectivity index (χ2n) is 5.75. The normalized spacial score (nSPS) is 38.3. The predicted octanol–water partition coefficient (Wildman–Crippen LogP) is 1.56. The van der Waals surface area contributed by atoms with Crippen molar-refractivity contribution in [3.8, 4) is 0 Å². The predicted molar refractivity (Wildman–Crippen MR) is 69.6 cm³/mol. The van der Waals surface area contributed by atoms with Gasteiger partial charge in [0.05, 0.1) is 0 Å². The summed E-state index contributed by atoms with van der Waals surface area (Å²) < 4.78 is 5.27. The van der Waals surface area contributed by atoms with Crippen molar-refractivity contribution in [2.75, 3.05) is 0 Å². The SMILES string of the molecule is CCC1CCC(NC(=O)[C@@H]2CC[C@H](C(=O)O)O2)C1C. The average molecular weight is 269 g/mol. The molecule has 5 atom stereocenters. The van der Waals surface area contributed by atoms with Crippen molar-refractivity contribution in [2.24, 2.45) is 11.8 Å². The molecule has 0 spiro atoms. The first-order chi connectivity index (χ1) is 9.02. The van der Waals surface area contributed by atoms with Crippen molar-refractivity contribution in [2.45, 2.75) is 64.2 Å². The number of rotatable bonds is 4. The van der Waals surface area contributed by atoms with Gasteiger partial charge in [-0.25, -0.2) is 4.79 Å². The molecule has 108 valence electrons. The molecule has 1 heterocycles. The lowest BCUT2D eigenvalue weighted by Gasteiger charge is -2.22. The first-order valence-corrected chi connectivity index (χ1v) is 7.21. The van der Waals surface area contributed by atoms with Crippen LogP contribution < -0.4 is 5.32 Å². The topological polar surface area (TPSA) is 75.6 Å². The molecule has 1 aliphatic heterocycles. The van der Waals surface area contributed by atoms with E-state index >= 15 is 0 Å². The Morgan fingerprint density at radius 3 is 2.42 bits per heavy atom. The number of carboxylic acids is 1. The van der Waals surface area contributed by atoms with Crippen molar-refractivity contribution in [1.82, 2.24) is 5.32 Å². The number of carbonyl (C=O) groups excluding carboxylic acids is 1. The van der Waals surface area contributed by atoms with Gasteiger partial charge in [0.25, 0.3) is 0 Å². The highest BCUT2D eigenvalue weighted by atomic mass is 16.5. The van der Waals surface area contributed by atoms with Gasteiger partial charge in [0.1, 0.15) is 6.10 Å². The monoisotopic (exact) mass is 269 g/mol. The van der Waals surface area contributed by atoms with Gasteiger partial charge >= 0.3 is 5.97 Å². The second-order valence-corrected chi connectivity index (χ2v) is 5.75. The van der Waals surface area contributed by atoms with Crippen LogP contribution in [0.2, 0.25) is 0 Å². The number of hydrogen-bond acceptors (Lipinski definition) is 3. The van der Waals surface area contributed by atoms with Gasteiger partial charge < -0.3 is 15.2 Å². The fourth-order valence-corrected chi connectivity index (χ4v) is 3.31. The summed E-state index contributed by atoms with van der Waals surface area (Å²) in [5.74, 6) is 0.0557. The van der Waals surface area contributed by atoms with Crippen LogP contribution in [0.5, 0.6) is 0 Å². The summed E-state index contributed by atoms with van der Waals surface area (Å²) in [4.78, 5) is 22.9. The van der Waals surface area contributed by atoms with Gasteiger partial charge in [-0.05, 0) is 37.5 Å². The Morgan fingerprint density at radius 2 is 1.89 bits per heavy atom. The summed E-state index contributed by atoms with van der Waals surface area (Å²) in [5.41, 5.74) is 0. The maximum Gasteiger partial charge on any atom is 0.332 e. The van der Waals surface area contributed by atoms with Crippen LogP contribution in [0.3, 0.4) is 0 Å². The molecule has 1 saturated carbocycles. The highest BCUT2D eigenvalue weighted by molar-refractivity contribution is 5.82. The molecular formula is C14H23NO4. The van der Waals surface area contributed by atoms with E-state index in [1.165, 1.54) is 0 Å². The summed E-state index contributed by atoms with van der Waals surface area (Å²) in [6.07, 6.45) is 2.84. The quantitative estimate of drug-likeness (QED) is 0.812. The smallest absolute Gasteiger partial charge is 0.332 e. The van der Waals surface area contributed by atoms with Gasteiger partial charge in [0.2, 0.25) is 5.91 Å². The molecule has 0 bridgehead atoms. The van der Waals surface area contributed by atoms with E-state index < -0.39 is 18.2 Å². The number of nitrogens with one attached hydrogen (secondary N) is 1. The van der Waals surface area contributed by atoms with Crippen molar-refractivity contribution in [1.29, 1.82) is 0 Å². The Kier molecular flexibility index (Phi) is 4.45. The first-order valence-electron chi connectivity index (χ1n) is 7.21. The molecule has 1 aliphatic carbocycles. The van der Waals surface area contributed by atoms with Crippen LogP contribution in [0.15, 0.2) is 0 Å². The minimum absolute atomic E-state index is 0.141. The van der Waals surface area contributed by atoms with Crippen LogP contribution in [0.4, 0.5) is 0 Å². The molecule has 1 amide bonds. The highest BCUT2D eigenvalue weighted by Gasteiger charge is 2.38. The van der Waals surface area contributed by atoms with E-state index in [9.17, 15) is 9.59 Å². The number of carbonyl (C=O) groups is 2. The Labute approximate surface area is 113 Å². The van der Waals surface area contributed by atoms with E-state index in [0.717, 1.165) is 19.3 Å². The zero-order valence-electron chi connectivity index (χ0n) is 11.6. The lowest BCUT2D eigenvalue weighted by Crippen LogP contribution is -2.43. The molecule has 2 rings (SSSR count). The van der Waals surface area contributed by atoms with E-state index in [1.54, 1.807) is 0 Å². The Balaban J connectivity index is 1.84. The fraction of sp³-hybridized carbons (Fsp3) is 0.857. The summed E-state index contributed by atoms with van der Waals surface area (Å²) in [6, 6.07) is 0.213. The summed E-state index contributed by atoms with van der Waals surface area (Å²) in [5, 5.41) is 11.9. The van der Waals surface area contributed by atoms with Crippen LogP contribution >= 0.6 is 0 Å². The minimum atomic E-state index is -0.976. The third kappa shape index (κ3) is 3.08. The molecule has 5 heteroatoms. The number of hydrogen-bond donors (Lipinski definition) is 2. The zero-order valence-corrected chi connectivity index (χ0v) is 11.6. The zero-order chi connectivity index (χ0) is 14.0. The van der Waals surface area contributed by atoms with Gasteiger partial charge in [0.15, 0.2) is 6.10 Å². The Hall–Kier alpha value is -1.10.